The summed E-state index contributed by atoms with van der Waals surface area (Å²) in [5.74, 6) is -1.21. The summed E-state index contributed by atoms with van der Waals surface area (Å²) in [4.78, 5) is 25.3. The Balaban J connectivity index is 2.20. The van der Waals surface area contributed by atoms with E-state index in [4.69, 9.17) is 5.11 Å². The van der Waals surface area contributed by atoms with E-state index >= 15 is 0 Å². The number of carboxylic acid groups (broad SMARTS) is 1. The molecule has 1 atom stereocenters. The quantitative estimate of drug-likeness (QED) is 0.793. The van der Waals surface area contributed by atoms with Crippen LogP contribution in [0.15, 0.2) is 23.6 Å². The molecule has 16 heavy (non-hydrogen) atoms. The van der Waals surface area contributed by atoms with Gasteiger partial charge in [0.05, 0.1) is 5.56 Å². The zero-order valence-corrected chi connectivity index (χ0v) is 9.53. The van der Waals surface area contributed by atoms with Gasteiger partial charge in [0.2, 0.25) is 0 Å². The van der Waals surface area contributed by atoms with Crippen LogP contribution in [0.1, 0.15) is 15.2 Å². The lowest BCUT2D eigenvalue weighted by atomic mass is 10.2. The van der Waals surface area contributed by atoms with Crippen molar-refractivity contribution in [1.29, 1.82) is 0 Å². The summed E-state index contributed by atoms with van der Waals surface area (Å²) >= 11 is 1.49. The molecule has 1 amide bonds. The summed E-state index contributed by atoms with van der Waals surface area (Å²) in [6.45, 7) is 2.28. The van der Waals surface area contributed by atoms with Crippen LogP contribution >= 0.6 is 11.3 Å². The van der Waals surface area contributed by atoms with Crippen molar-refractivity contribution in [2.75, 3.05) is 6.54 Å². The number of hydrogen-bond donors (Lipinski definition) is 1. The number of carbonyl (C=O) groups excluding carboxylic acids is 1. The van der Waals surface area contributed by atoms with E-state index in [1.807, 2.05) is 6.92 Å². The maximum absolute atomic E-state index is 12.0. The third kappa shape index (κ3) is 1.86. The maximum atomic E-state index is 12.0. The summed E-state index contributed by atoms with van der Waals surface area (Å²) in [6, 6.07) is 0.956. The minimum atomic E-state index is -0.992. The summed E-state index contributed by atoms with van der Waals surface area (Å²) in [5.41, 5.74) is 0.567. The summed E-state index contributed by atoms with van der Waals surface area (Å²) in [7, 11) is 0. The smallest absolute Gasteiger partial charge is 0.330 e. The van der Waals surface area contributed by atoms with Crippen LogP contribution in [0.4, 0.5) is 0 Å². The number of carbonyl (C=O) groups is 2. The molecule has 5 heteroatoms. The van der Waals surface area contributed by atoms with Gasteiger partial charge in [0, 0.05) is 16.8 Å². The standard InChI is InChI=1S/C11H11NO3S/c1-7-5-8(6-16-7)10(13)12-4-2-3-9(12)11(14)15/h2-3,5-6,9H,4H2,1H3,(H,14,15). The second-order valence-electron chi connectivity index (χ2n) is 3.61. The first-order chi connectivity index (χ1) is 7.59. The Hall–Kier alpha value is -1.62. The van der Waals surface area contributed by atoms with Crippen molar-refractivity contribution < 1.29 is 14.7 Å². The van der Waals surface area contributed by atoms with Crippen molar-refractivity contribution >= 4 is 23.2 Å². The summed E-state index contributed by atoms with van der Waals surface area (Å²) in [6.07, 6.45) is 3.25. The van der Waals surface area contributed by atoms with Crippen molar-refractivity contribution in [2.24, 2.45) is 0 Å². The van der Waals surface area contributed by atoms with Gasteiger partial charge in [-0.05, 0) is 13.0 Å². The Bertz CT molecular complexity index is 464. The van der Waals surface area contributed by atoms with E-state index in [0.717, 1.165) is 4.88 Å². The van der Waals surface area contributed by atoms with Crippen LogP contribution in [0.5, 0.6) is 0 Å². The number of amides is 1. The van der Waals surface area contributed by atoms with Crippen LogP contribution in [0.25, 0.3) is 0 Å². The van der Waals surface area contributed by atoms with Crippen molar-refractivity contribution in [2.45, 2.75) is 13.0 Å². The molecule has 0 fully saturated rings. The van der Waals surface area contributed by atoms with Gasteiger partial charge in [-0.2, -0.15) is 0 Å². The molecule has 1 aliphatic rings. The van der Waals surface area contributed by atoms with Crippen molar-refractivity contribution in [1.82, 2.24) is 4.90 Å². The summed E-state index contributed by atoms with van der Waals surface area (Å²) in [5, 5.41) is 10.7. The lowest BCUT2D eigenvalue weighted by Crippen LogP contribution is -2.40. The third-order valence-electron chi connectivity index (χ3n) is 2.45. The molecule has 0 radical (unpaired) electrons. The Morgan fingerprint density at radius 2 is 2.31 bits per heavy atom. The number of carboxylic acids is 1. The fourth-order valence-corrected chi connectivity index (χ4v) is 2.34. The Morgan fingerprint density at radius 1 is 1.56 bits per heavy atom. The van der Waals surface area contributed by atoms with E-state index in [-0.39, 0.29) is 5.91 Å². The first kappa shape index (κ1) is 10.9. The van der Waals surface area contributed by atoms with Crippen LogP contribution in [-0.2, 0) is 4.79 Å². The minimum absolute atomic E-state index is 0.221. The average Bonchev–Trinajstić information content (AvgIpc) is 2.84. The highest BCUT2D eigenvalue weighted by molar-refractivity contribution is 7.10. The molecule has 84 valence electrons. The Labute approximate surface area is 96.8 Å². The van der Waals surface area contributed by atoms with Crippen LogP contribution in [0, 0.1) is 6.92 Å². The van der Waals surface area contributed by atoms with E-state index < -0.39 is 12.0 Å². The van der Waals surface area contributed by atoms with Gasteiger partial charge in [-0.1, -0.05) is 12.2 Å². The van der Waals surface area contributed by atoms with Crippen molar-refractivity contribution in [3.8, 4) is 0 Å². The van der Waals surface area contributed by atoms with Crippen molar-refractivity contribution in [3.05, 3.63) is 34.0 Å². The van der Waals surface area contributed by atoms with E-state index in [2.05, 4.69) is 0 Å². The van der Waals surface area contributed by atoms with Gasteiger partial charge in [-0.3, -0.25) is 4.79 Å². The molecule has 2 heterocycles. The Morgan fingerprint density at radius 3 is 2.88 bits per heavy atom. The van der Waals surface area contributed by atoms with Gasteiger partial charge >= 0.3 is 5.97 Å². The van der Waals surface area contributed by atoms with Crippen molar-refractivity contribution in [3.63, 3.8) is 0 Å². The SMILES string of the molecule is Cc1cc(C(=O)N2CC=CC2C(=O)O)cs1. The molecular weight excluding hydrogens is 226 g/mol. The number of aliphatic carboxylic acids is 1. The first-order valence-electron chi connectivity index (χ1n) is 4.85. The largest absolute Gasteiger partial charge is 0.479 e. The third-order valence-corrected chi connectivity index (χ3v) is 3.31. The highest BCUT2D eigenvalue weighted by Gasteiger charge is 2.30. The van der Waals surface area contributed by atoms with E-state index in [1.165, 1.54) is 16.2 Å². The van der Waals surface area contributed by atoms with Crippen LogP contribution < -0.4 is 0 Å². The van der Waals surface area contributed by atoms with Gasteiger partial charge < -0.3 is 10.0 Å². The van der Waals surface area contributed by atoms with Crippen LogP contribution in [-0.4, -0.2) is 34.5 Å². The maximum Gasteiger partial charge on any atom is 0.330 e. The monoisotopic (exact) mass is 237 g/mol. The molecule has 4 nitrogen and oxygen atoms in total. The second-order valence-corrected chi connectivity index (χ2v) is 4.73. The molecule has 0 saturated carbocycles. The number of hydrogen-bond acceptors (Lipinski definition) is 3. The molecule has 0 bridgehead atoms. The Kier molecular flexibility index (Phi) is 2.78. The highest BCUT2D eigenvalue weighted by atomic mass is 32.1. The molecule has 1 N–H and O–H groups in total. The molecule has 1 unspecified atom stereocenters. The fourth-order valence-electron chi connectivity index (χ4n) is 1.67. The molecular formula is C11H11NO3S. The summed E-state index contributed by atoms with van der Waals surface area (Å²) < 4.78 is 0. The normalized spacial score (nSPS) is 19.1. The zero-order chi connectivity index (χ0) is 11.7. The zero-order valence-electron chi connectivity index (χ0n) is 8.71. The molecule has 0 aliphatic carbocycles. The van der Waals surface area contributed by atoms with Gasteiger partial charge in [0.1, 0.15) is 6.04 Å². The number of thiophene rings is 1. The molecule has 2 rings (SSSR count). The first-order valence-corrected chi connectivity index (χ1v) is 5.73. The van der Waals surface area contributed by atoms with Crippen LogP contribution in [0.2, 0.25) is 0 Å². The number of rotatable bonds is 2. The van der Waals surface area contributed by atoms with Gasteiger partial charge in [0.15, 0.2) is 0 Å². The lowest BCUT2D eigenvalue weighted by molar-refractivity contribution is -0.140. The van der Waals surface area contributed by atoms with E-state index in [1.54, 1.807) is 23.6 Å². The lowest BCUT2D eigenvalue weighted by Gasteiger charge is -2.20. The second kappa shape index (κ2) is 4.09. The van der Waals surface area contributed by atoms with Crippen LogP contribution in [0.3, 0.4) is 0 Å². The highest BCUT2D eigenvalue weighted by Crippen LogP contribution is 2.19. The van der Waals surface area contributed by atoms with E-state index in [0.29, 0.717) is 12.1 Å². The average molecular weight is 237 g/mol. The number of nitrogens with zero attached hydrogens (tertiary/aromatic N) is 1. The molecule has 0 spiro atoms. The molecule has 1 aromatic heterocycles. The topological polar surface area (TPSA) is 57.6 Å². The predicted molar refractivity (Wildman–Crippen MR) is 60.7 cm³/mol. The van der Waals surface area contributed by atoms with Gasteiger partial charge in [-0.15, -0.1) is 11.3 Å². The van der Waals surface area contributed by atoms with E-state index in [9.17, 15) is 9.59 Å². The predicted octanol–water partition coefficient (Wildman–Crippen LogP) is 1.52. The number of aryl methyl sites for hydroxylation is 1. The molecule has 0 saturated heterocycles. The fraction of sp³-hybridized carbons (Fsp3) is 0.273. The van der Waals surface area contributed by atoms with Gasteiger partial charge in [0.25, 0.3) is 5.91 Å². The minimum Gasteiger partial charge on any atom is -0.479 e. The van der Waals surface area contributed by atoms with Gasteiger partial charge in [-0.25, -0.2) is 4.79 Å². The molecule has 1 aromatic rings. The molecule has 1 aliphatic heterocycles. The molecule has 0 aromatic carbocycles.